The number of carbonyl (C=O) groups excluding carboxylic acids is 2. The van der Waals surface area contributed by atoms with Crippen molar-refractivity contribution in [3.05, 3.63) is 12.2 Å². The minimum Gasteiger partial charge on any atom is -0.459 e. The second-order valence-electron chi connectivity index (χ2n) is 7.73. The largest absolute Gasteiger partial charge is 0.459 e. The maximum atomic E-state index is 12.7. The highest BCUT2D eigenvalue weighted by atomic mass is 16.6. The molecular formula is C19H28O4. The normalized spacial score (nSPS) is 34.3. The maximum absolute atomic E-state index is 12.7. The van der Waals surface area contributed by atoms with Crippen LogP contribution in [-0.4, -0.2) is 23.6 Å². The first-order chi connectivity index (χ1) is 10.9. The molecule has 0 amide bonds. The molecular weight excluding hydrogens is 292 g/mol. The molecule has 4 nitrogen and oxygen atoms in total. The van der Waals surface area contributed by atoms with Gasteiger partial charge >= 0.3 is 11.9 Å². The Morgan fingerprint density at radius 1 is 1.17 bits per heavy atom. The van der Waals surface area contributed by atoms with Crippen LogP contribution in [0.1, 0.15) is 65.2 Å². The average molecular weight is 320 g/mol. The lowest BCUT2D eigenvalue weighted by molar-refractivity contribution is -0.171. The molecule has 3 aliphatic carbocycles. The van der Waals surface area contributed by atoms with Gasteiger partial charge in [0.25, 0.3) is 0 Å². The van der Waals surface area contributed by atoms with Crippen molar-refractivity contribution in [1.29, 1.82) is 0 Å². The lowest BCUT2D eigenvalue weighted by Crippen LogP contribution is -2.39. The monoisotopic (exact) mass is 320 g/mol. The van der Waals surface area contributed by atoms with Gasteiger partial charge in [-0.2, -0.15) is 0 Å². The molecule has 0 radical (unpaired) electrons. The number of carbonyl (C=O) groups is 2. The Balaban J connectivity index is 1.63. The van der Waals surface area contributed by atoms with Crippen molar-refractivity contribution < 1.29 is 19.1 Å². The molecule has 2 bridgehead atoms. The first-order valence-electron chi connectivity index (χ1n) is 9.03. The van der Waals surface area contributed by atoms with Crippen molar-refractivity contribution in [2.24, 2.45) is 17.8 Å². The molecule has 23 heavy (non-hydrogen) atoms. The summed E-state index contributed by atoms with van der Waals surface area (Å²) >= 11 is 0. The molecule has 4 unspecified atom stereocenters. The zero-order valence-corrected chi connectivity index (χ0v) is 14.3. The summed E-state index contributed by atoms with van der Waals surface area (Å²) < 4.78 is 11.6. The Morgan fingerprint density at radius 2 is 1.87 bits per heavy atom. The number of hydrogen-bond donors (Lipinski definition) is 0. The summed E-state index contributed by atoms with van der Waals surface area (Å²) in [7, 11) is 0. The number of esters is 2. The van der Waals surface area contributed by atoms with Crippen molar-refractivity contribution in [2.75, 3.05) is 0 Å². The predicted octanol–water partition coefficient (Wildman–Crippen LogP) is 3.79. The van der Waals surface area contributed by atoms with E-state index in [1.165, 1.54) is 0 Å². The van der Waals surface area contributed by atoms with E-state index in [2.05, 4.69) is 13.5 Å². The fourth-order valence-corrected chi connectivity index (χ4v) is 4.77. The number of hydrogen-bond acceptors (Lipinski definition) is 4. The summed E-state index contributed by atoms with van der Waals surface area (Å²) in [6, 6.07) is 0. The van der Waals surface area contributed by atoms with Gasteiger partial charge in [-0.15, -0.1) is 0 Å². The van der Waals surface area contributed by atoms with Crippen LogP contribution < -0.4 is 0 Å². The van der Waals surface area contributed by atoms with Crippen LogP contribution in [0.4, 0.5) is 0 Å². The van der Waals surface area contributed by atoms with Gasteiger partial charge in [-0.3, -0.25) is 4.79 Å². The van der Waals surface area contributed by atoms with E-state index >= 15 is 0 Å². The van der Waals surface area contributed by atoms with Crippen molar-refractivity contribution in [2.45, 2.75) is 76.9 Å². The van der Waals surface area contributed by atoms with Crippen LogP contribution in [0.2, 0.25) is 0 Å². The quantitative estimate of drug-likeness (QED) is 0.571. The molecule has 3 saturated carbocycles. The minimum absolute atomic E-state index is 0.0580. The molecule has 3 fully saturated rings. The summed E-state index contributed by atoms with van der Waals surface area (Å²) in [6.45, 7) is 7.40. The van der Waals surface area contributed by atoms with Crippen LogP contribution in [0.15, 0.2) is 12.2 Å². The van der Waals surface area contributed by atoms with Gasteiger partial charge in [0, 0.05) is 11.5 Å². The molecule has 4 heteroatoms. The van der Waals surface area contributed by atoms with E-state index in [0.717, 1.165) is 51.4 Å². The lowest BCUT2D eigenvalue weighted by atomic mass is 9.86. The highest BCUT2D eigenvalue weighted by Gasteiger charge is 2.52. The van der Waals surface area contributed by atoms with Gasteiger partial charge in [-0.05, 0) is 64.2 Å². The number of rotatable bonds is 5. The van der Waals surface area contributed by atoms with Crippen molar-refractivity contribution >= 4 is 11.9 Å². The Kier molecular flexibility index (Phi) is 4.52. The molecule has 3 aliphatic rings. The van der Waals surface area contributed by atoms with E-state index in [1.807, 2.05) is 0 Å². The zero-order chi connectivity index (χ0) is 16.6. The molecule has 128 valence electrons. The van der Waals surface area contributed by atoms with Gasteiger partial charge in [0.1, 0.15) is 11.7 Å². The van der Waals surface area contributed by atoms with Crippen LogP contribution in [-0.2, 0) is 19.1 Å². The minimum atomic E-state index is -0.338. The van der Waals surface area contributed by atoms with Gasteiger partial charge in [0.15, 0.2) is 0 Å². The van der Waals surface area contributed by atoms with Crippen LogP contribution >= 0.6 is 0 Å². The van der Waals surface area contributed by atoms with Crippen LogP contribution in [0.3, 0.4) is 0 Å². The molecule has 0 N–H and O–H groups in total. The molecule has 3 rings (SSSR count). The van der Waals surface area contributed by atoms with E-state index in [-0.39, 0.29) is 35.5 Å². The average Bonchev–Trinajstić information content (AvgIpc) is 3.22. The molecule has 0 aromatic heterocycles. The molecule has 0 spiro atoms. The molecule has 4 atom stereocenters. The standard InChI is InChI=1S/C19H28O4/c1-4-19(7-5-6-8-19)23-18(21)15-10-13-9-14(15)16(11-13)22-17(20)12(2)3/h13-16H,2,4-11H2,1,3H3. The van der Waals surface area contributed by atoms with Gasteiger partial charge in [-0.25, -0.2) is 4.79 Å². The third-order valence-electron chi connectivity index (χ3n) is 6.14. The smallest absolute Gasteiger partial charge is 0.333 e. The van der Waals surface area contributed by atoms with Crippen LogP contribution in [0.25, 0.3) is 0 Å². The highest BCUT2D eigenvalue weighted by molar-refractivity contribution is 5.87. The van der Waals surface area contributed by atoms with E-state index in [0.29, 0.717) is 11.5 Å². The van der Waals surface area contributed by atoms with E-state index < -0.39 is 0 Å². The molecule has 0 saturated heterocycles. The van der Waals surface area contributed by atoms with Crippen molar-refractivity contribution in [3.8, 4) is 0 Å². The van der Waals surface area contributed by atoms with Crippen LogP contribution in [0.5, 0.6) is 0 Å². The van der Waals surface area contributed by atoms with Crippen molar-refractivity contribution in [1.82, 2.24) is 0 Å². The van der Waals surface area contributed by atoms with Gasteiger partial charge in [-0.1, -0.05) is 13.5 Å². The summed E-state index contributed by atoms with van der Waals surface area (Å²) in [4.78, 5) is 24.5. The van der Waals surface area contributed by atoms with E-state index in [1.54, 1.807) is 6.92 Å². The lowest BCUT2D eigenvalue weighted by Gasteiger charge is -2.33. The Hall–Kier alpha value is -1.32. The third-order valence-corrected chi connectivity index (χ3v) is 6.14. The fraction of sp³-hybridized carbons (Fsp3) is 0.789. The molecule has 0 aromatic carbocycles. The summed E-state index contributed by atoms with van der Waals surface area (Å²) in [5.74, 6) is 0.126. The van der Waals surface area contributed by atoms with Gasteiger partial charge in [0.2, 0.25) is 0 Å². The topological polar surface area (TPSA) is 52.6 Å². The maximum Gasteiger partial charge on any atom is 0.333 e. The first-order valence-corrected chi connectivity index (χ1v) is 9.03. The number of fused-ring (bicyclic) bond motifs is 2. The summed E-state index contributed by atoms with van der Waals surface area (Å²) in [6.07, 6.45) is 7.79. The Bertz CT molecular complexity index is 503. The predicted molar refractivity (Wildman–Crippen MR) is 86.6 cm³/mol. The van der Waals surface area contributed by atoms with Gasteiger partial charge < -0.3 is 9.47 Å². The molecule has 0 heterocycles. The molecule has 0 aromatic rings. The molecule has 0 aliphatic heterocycles. The summed E-state index contributed by atoms with van der Waals surface area (Å²) in [5, 5.41) is 0. The third kappa shape index (κ3) is 3.17. The highest BCUT2D eigenvalue weighted by Crippen LogP contribution is 2.51. The summed E-state index contributed by atoms with van der Waals surface area (Å²) in [5.41, 5.74) is 0.186. The SMILES string of the molecule is C=C(C)C(=O)OC1CC2CC(C(=O)OC3(CC)CCCC3)C1C2. The van der Waals surface area contributed by atoms with Crippen molar-refractivity contribution in [3.63, 3.8) is 0 Å². The number of ether oxygens (including phenoxy) is 2. The van der Waals surface area contributed by atoms with E-state index in [9.17, 15) is 9.59 Å². The zero-order valence-electron chi connectivity index (χ0n) is 14.3. The Labute approximate surface area is 138 Å². The second kappa shape index (κ2) is 6.29. The van der Waals surface area contributed by atoms with Crippen LogP contribution in [0, 0.1) is 17.8 Å². The van der Waals surface area contributed by atoms with E-state index in [4.69, 9.17) is 9.47 Å². The fourth-order valence-electron chi connectivity index (χ4n) is 4.77. The first kappa shape index (κ1) is 16.5. The second-order valence-corrected chi connectivity index (χ2v) is 7.73. The van der Waals surface area contributed by atoms with Gasteiger partial charge in [0.05, 0.1) is 5.92 Å². The Morgan fingerprint density at radius 3 is 2.43 bits per heavy atom.